The number of aryl methyl sites for hydroxylation is 1. The second-order valence-electron chi connectivity index (χ2n) is 6.10. The zero-order valence-electron chi connectivity index (χ0n) is 14.2. The van der Waals surface area contributed by atoms with E-state index in [1.165, 1.54) is 6.07 Å². The molecular weight excluding hydrogens is 340 g/mol. The summed E-state index contributed by atoms with van der Waals surface area (Å²) in [4.78, 5) is 26.3. The van der Waals surface area contributed by atoms with Gasteiger partial charge in [-0.05, 0) is 37.3 Å². The lowest BCUT2D eigenvalue weighted by Crippen LogP contribution is -2.42. The normalized spacial score (nSPS) is 15.2. The van der Waals surface area contributed by atoms with E-state index in [-0.39, 0.29) is 17.6 Å². The molecule has 132 valence electrons. The van der Waals surface area contributed by atoms with Crippen molar-refractivity contribution in [2.45, 2.75) is 32.4 Å². The van der Waals surface area contributed by atoms with Crippen molar-refractivity contribution in [1.29, 1.82) is 0 Å². The fraction of sp³-hybridized carbons (Fsp3) is 0.368. The van der Waals surface area contributed by atoms with Crippen molar-refractivity contribution in [3.63, 3.8) is 0 Å². The van der Waals surface area contributed by atoms with Crippen molar-refractivity contribution < 1.29 is 9.53 Å². The van der Waals surface area contributed by atoms with Crippen molar-refractivity contribution in [2.75, 3.05) is 13.1 Å². The molecule has 6 heteroatoms. The number of likely N-dealkylation sites (tertiary alicyclic amines) is 1. The average molecular weight is 361 g/mol. The fourth-order valence-electron chi connectivity index (χ4n) is 2.97. The van der Waals surface area contributed by atoms with Gasteiger partial charge in [0.05, 0.1) is 0 Å². The Morgan fingerprint density at radius 2 is 1.88 bits per heavy atom. The van der Waals surface area contributed by atoms with Gasteiger partial charge in [-0.15, -0.1) is 0 Å². The first-order valence-electron chi connectivity index (χ1n) is 8.49. The van der Waals surface area contributed by atoms with Crippen LogP contribution in [0, 0.1) is 0 Å². The minimum atomic E-state index is -0.144. The molecule has 1 amide bonds. The Kier molecular flexibility index (Phi) is 5.43. The van der Waals surface area contributed by atoms with Gasteiger partial charge in [-0.25, -0.2) is 0 Å². The van der Waals surface area contributed by atoms with Crippen molar-refractivity contribution >= 4 is 17.5 Å². The molecular formula is C19H21ClN2O3. The average Bonchev–Trinajstić information content (AvgIpc) is 2.63. The molecule has 5 nitrogen and oxygen atoms in total. The van der Waals surface area contributed by atoms with Crippen LogP contribution in [0.15, 0.2) is 47.4 Å². The van der Waals surface area contributed by atoms with Gasteiger partial charge < -0.3 is 14.2 Å². The SMILES string of the molecule is CCn1ccc(C(=O)N2CCC(Oc3ccc(Cl)cc3)CC2)cc1=O. The van der Waals surface area contributed by atoms with E-state index in [1.54, 1.807) is 33.9 Å². The van der Waals surface area contributed by atoms with E-state index in [9.17, 15) is 9.59 Å². The van der Waals surface area contributed by atoms with Crippen LogP contribution in [0.3, 0.4) is 0 Å². The molecule has 0 atom stereocenters. The molecule has 1 aliphatic heterocycles. The molecule has 0 N–H and O–H groups in total. The van der Waals surface area contributed by atoms with Crippen LogP contribution in [-0.4, -0.2) is 34.6 Å². The Morgan fingerprint density at radius 3 is 2.48 bits per heavy atom. The molecule has 1 fully saturated rings. The number of aromatic nitrogens is 1. The van der Waals surface area contributed by atoms with Crippen molar-refractivity contribution in [2.24, 2.45) is 0 Å². The maximum atomic E-state index is 12.6. The van der Waals surface area contributed by atoms with Gasteiger partial charge in [-0.2, -0.15) is 0 Å². The van der Waals surface area contributed by atoms with Crippen LogP contribution in [0.1, 0.15) is 30.1 Å². The summed E-state index contributed by atoms with van der Waals surface area (Å²) in [5.74, 6) is 0.697. The lowest BCUT2D eigenvalue weighted by Gasteiger charge is -2.32. The molecule has 25 heavy (non-hydrogen) atoms. The summed E-state index contributed by atoms with van der Waals surface area (Å²) in [6.07, 6.45) is 3.28. The Hall–Kier alpha value is -2.27. The van der Waals surface area contributed by atoms with Gasteiger partial charge in [0.2, 0.25) is 0 Å². The summed E-state index contributed by atoms with van der Waals surface area (Å²) in [7, 11) is 0. The summed E-state index contributed by atoms with van der Waals surface area (Å²) in [5.41, 5.74) is 0.307. The molecule has 0 bridgehead atoms. The molecule has 3 rings (SSSR count). The van der Waals surface area contributed by atoms with E-state index in [4.69, 9.17) is 16.3 Å². The predicted molar refractivity (Wildman–Crippen MR) is 97.4 cm³/mol. The van der Waals surface area contributed by atoms with E-state index in [1.807, 2.05) is 19.1 Å². The minimum Gasteiger partial charge on any atom is -0.490 e. The first-order valence-corrected chi connectivity index (χ1v) is 8.86. The number of nitrogens with zero attached hydrogens (tertiary/aromatic N) is 2. The summed E-state index contributed by atoms with van der Waals surface area (Å²) in [6.45, 7) is 3.73. The Labute approximate surface area is 151 Å². The van der Waals surface area contributed by atoms with Gasteiger partial charge in [0.25, 0.3) is 11.5 Å². The topological polar surface area (TPSA) is 51.5 Å². The van der Waals surface area contributed by atoms with E-state index >= 15 is 0 Å². The van der Waals surface area contributed by atoms with E-state index < -0.39 is 0 Å². The quantitative estimate of drug-likeness (QED) is 0.841. The number of piperidine rings is 1. The Balaban J connectivity index is 1.58. The van der Waals surface area contributed by atoms with Gasteiger partial charge in [-0.3, -0.25) is 9.59 Å². The second-order valence-corrected chi connectivity index (χ2v) is 6.54. The number of carbonyl (C=O) groups is 1. The second kappa shape index (κ2) is 7.74. The molecule has 2 heterocycles. The molecule has 1 saturated heterocycles. The largest absolute Gasteiger partial charge is 0.490 e. The molecule has 0 radical (unpaired) electrons. The number of hydrogen-bond acceptors (Lipinski definition) is 3. The zero-order chi connectivity index (χ0) is 17.8. The van der Waals surface area contributed by atoms with Gasteiger partial charge >= 0.3 is 0 Å². The molecule has 1 aliphatic rings. The number of benzene rings is 1. The number of hydrogen-bond donors (Lipinski definition) is 0. The molecule has 1 aromatic carbocycles. The van der Waals surface area contributed by atoms with Crippen LogP contribution >= 0.6 is 11.6 Å². The highest BCUT2D eigenvalue weighted by Gasteiger charge is 2.25. The van der Waals surface area contributed by atoms with Gasteiger partial charge in [0.1, 0.15) is 11.9 Å². The zero-order valence-corrected chi connectivity index (χ0v) is 14.9. The highest BCUT2D eigenvalue weighted by Crippen LogP contribution is 2.21. The predicted octanol–water partition coefficient (Wildman–Crippen LogP) is 3.21. The van der Waals surface area contributed by atoms with Crippen molar-refractivity contribution in [1.82, 2.24) is 9.47 Å². The third-order valence-electron chi connectivity index (χ3n) is 4.43. The maximum Gasteiger partial charge on any atom is 0.254 e. The van der Waals surface area contributed by atoms with Gasteiger partial charge in [0, 0.05) is 55.3 Å². The van der Waals surface area contributed by atoms with Crippen LogP contribution < -0.4 is 10.3 Å². The van der Waals surface area contributed by atoms with Gasteiger partial charge in [0.15, 0.2) is 0 Å². The van der Waals surface area contributed by atoms with Crippen LogP contribution in [0.25, 0.3) is 0 Å². The summed E-state index contributed by atoms with van der Waals surface area (Å²) >= 11 is 5.87. The molecule has 0 spiro atoms. The molecule has 1 aromatic heterocycles. The number of ether oxygens (including phenoxy) is 1. The lowest BCUT2D eigenvalue weighted by molar-refractivity contribution is 0.0595. The van der Waals surface area contributed by atoms with Crippen LogP contribution in [0.5, 0.6) is 5.75 Å². The van der Waals surface area contributed by atoms with Crippen molar-refractivity contribution in [3.05, 3.63) is 63.5 Å². The first kappa shape index (κ1) is 17.5. The summed E-state index contributed by atoms with van der Waals surface area (Å²) in [5, 5.41) is 0.678. The molecule has 2 aromatic rings. The van der Waals surface area contributed by atoms with Crippen molar-refractivity contribution in [3.8, 4) is 5.75 Å². The Morgan fingerprint density at radius 1 is 1.20 bits per heavy atom. The number of rotatable bonds is 4. The highest BCUT2D eigenvalue weighted by molar-refractivity contribution is 6.30. The number of carbonyl (C=O) groups excluding carboxylic acids is 1. The highest BCUT2D eigenvalue weighted by atomic mass is 35.5. The fourth-order valence-corrected chi connectivity index (χ4v) is 3.09. The van der Waals surface area contributed by atoms with E-state index in [2.05, 4.69) is 0 Å². The Bertz CT molecular complexity index is 793. The lowest BCUT2D eigenvalue weighted by atomic mass is 10.1. The number of pyridine rings is 1. The van der Waals surface area contributed by atoms with E-state index in [0.29, 0.717) is 30.2 Å². The number of amides is 1. The summed E-state index contributed by atoms with van der Waals surface area (Å²) < 4.78 is 7.52. The third-order valence-corrected chi connectivity index (χ3v) is 4.68. The van der Waals surface area contributed by atoms with Crippen LogP contribution in [0.2, 0.25) is 5.02 Å². The summed E-state index contributed by atoms with van der Waals surface area (Å²) in [6, 6.07) is 10.4. The van der Waals surface area contributed by atoms with Crippen LogP contribution in [0.4, 0.5) is 0 Å². The monoisotopic (exact) mass is 360 g/mol. The molecule has 0 saturated carbocycles. The van der Waals surface area contributed by atoms with Gasteiger partial charge in [-0.1, -0.05) is 11.6 Å². The van der Waals surface area contributed by atoms with E-state index in [0.717, 1.165) is 18.6 Å². The van der Waals surface area contributed by atoms with Crippen LogP contribution in [-0.2, 0) is 6.54 Å². The molecule has 0 aliphatic carbocycles. The number of halogens is 1. The maximum absolute atomic E-state index is 12.6. The third kappa shape index (κ3) is 4.23. The smallest absolute Gasteiger partial charge is 0.254 e. The first-order chi connectivity index (χ1) is 12.1. The molecule has 0 unspecified atom stereocenters. The minimum absolute atomic E-state index is 0.0818. The standard InChI is InChI=1S/C19H21ClN2O3/c1-2-21-10-7-14(13-18(21)23)19(24)22-11-8-17(9-12-22)25-16-5-3-15(20)4-6-16/h3-7,10,13,17H,2,8-9,11-12H2,1H3.